The van der Waals surface area contributed by atoms with Crippen molar-refractivity contribution in [2.45, 2.75) is 20.8 Å². The summed E-state index contributed by atoms with van der Waals surface area (Å²) in [4.78, 5) is 3.23. The molecule has 0 amide bonds. The van der Waals surface area contributed by atoms with Crippen LogP contribution in [0, 0.1) is 0 Å². The second-order valence-corrected chi connectivity index (χ2v) is 1.46. The van der Waals surface area contributed by atoms with Crippen molar-refractivity contribution in [2.75, 3.05) is 7.05 Å². The Kier molecular flexibility index (Phi) is 8.30. The summed E-state index contributed by atoms with van der Waals surface area (Å²) in [5, 5.41) is 0. The Labute approximate surface area is 65.8 Å². The molecule has 0 aromatic heterocycles. The van der Waals surface area contributed by atoms with Crippen LogP contribution in [-0.4, -0.2) is 12.9 Å². The van der Waals surface area contributed by atoms with Gasteiger partial charge in [-0.2, -0.15) is 0 Å². The Bertz CT molecular complexity index is 158. The largest absolute Gasteiger partial charge is 0.381 e. The molecule has 0 radical (unpaired) electrons. The molecule has 0 saturated carbocycles. The van der Waals surface area contributed by atoms with Crippen molar-refractivity contribution >= 4 is 5.84 Å². The number of nitrogens with zero attached hydrogens (tertiary/aromatic N) is 1. The zero-order chi connectivity index (χ0) is 9.44. The van der Waals surface area contributed by atoms with E-state index in [1.807, 2.05) is 13.8 Å². The number of aliphatic imine (C=N–C) groups is 1. The topological polar surface area (TPSA) is 38.4 Å². The lowest BCUT2D eigenvalue weighted by Gasteiger charge is -1.92. The molecule has 0 bridgehead atoms. The zero-order valence-corrected chi connectivity index (χ0v) is 7.28. The molecule has 0 aromatic rings. The Morgan fingerprint density at radius 3 is 1.73 bits per heavy atom. The van der Waals surface area contributed by atoms with Gasteiger partial charge in [-0.25, -0.2) is 8.78 Å². The first-order valence-corrected chi connectivity index (χ1v) is 3.34. The molecule has 0 atom stereocenters. The highest BCUT2D eigenvalue weighted by Gasteiger charge is 2.03. The summed E-state index contributed by atoms with van der Waals surface area (Å²) in [6.45, 7) is 4.98. The van der Waals surface area contributed by atoms with Gasteiger partial charge in [-0.3, -0.25) is 4.99 Å². The highest BCUT2D eigenvalue weighted by molar-refractivity contribution is 5.95. The van der Waals surface area contributed by atoms with Crippen LogP contribution in [-0.2, 0) is 0 Å². The summed E-state index contributed by atoms with van der Waals surface area (Å²) in [6.07, 6.45) is 0. The van der Waals surface area contributed by atoms with Crippen LogP contribution < -0.4 is 5.73 Å². The van der Waals surface area contributed by atoms with Gasteiger partial charge < -0.3 is 5.73 Å². The molecular weight excluding hydrogens is 150 g/mol. The van der Waals surface area contributed by atoms with Gasteiger partial charge in [0, 0.05) is 7.05 Å². The average molecular weight is 164 g/mol. The summed E-state index contributed by atoms with van der Waals surface area (Å²) < 4.78 is 24.0. The molecule has 0 saturated heterocycles. The van der Waals surface area contributed by atoms with Crippen molar-refractivity contribution in [3.05, 3.63) is 11.7 Å². The third kappa shape index (κ3) is 5.51. The summed E-state index contributed by atoms with van der Waals surface area (Å²) in [5.41, 5.74) is 4.89. The van der Waals surface area contributed by atoms with Crippen molar-refractivity contribution in [3.63, 3.8) is 0 Å². The highest BCUT2D eigenvalue weighted by Crippen LogP contribution is 2.05. The van der Waals surface area contributed by atoms with E-state index >= 15 is 0 Å². The van der Waals surface area contributed by atoms with Crippen LogP contribution in [0.3, 0.4) is 0 Å². The number of hydrogen-bond acceptors (Lipinski definition) is 1. The number of hydrogen-bond donors (Lipinski definition) is 1. The second kappa shape index (κ2) is 7.18. The molecule has 0 unspecified atom stereocenters. The van der Waals surface area contributed by atoms with E-state index in [1.165, 1.54) is 7.05 Å². The molecule has 66 valence electrons. The Morgan fingerprint density at radius 2 is 1.64 bits per heavy atom. The first-order valence-electron chi connectivity index (χ1n) is 3.34. The van der Waals surface area contributed by atoms with E-state index < -0.39 is 17.5 Å². The van der Waals surface area contributed by atoms with Crippen molar-refractivity contribution in [2.24, 2.45) is 10.7 Å². The third-order valence-corrected chi connectivity index (χ3v) is 0.768. The van der Waals surface area contributed by atoms with Crippen LogP contribution in [0.15, 0.2) is 16.6 Å². The van der Waals surface area contributed by atoms with E-state index in [4.69, 9.17) is 5.73 Å². The smallest absolute Gasteiger partial charge is 0.195 e. The summed E-state index contributed by atoms with van der Waals surface area (Å²) >= 11 is 0. The highest BCUT2D eigenvalue weighted by atomic mass is 19.2. The van der Waals surface area contributed by atoms with Crippen molar-refractivity contribution < 1.29 is 8.78 Å². The number of amidine groups is 1. The summed E-state index contributed by atoms with van der Waals surface area (Å²) in [5.74, 6) is -2.44. The Morgan fingerprint density at radius 1 is 1.27 bits per heavy atom. The molecular formula is C7H14F2N2. The summed E-state index contributed by atoms with van der Waals surface area (Å²) in [7, 11) is 1.29. The van der Waals surface area contributed by atoms with Gasteiger partial charge in [0.15, 0.2) is 11.7 Å². The van der Waals surface area contributed by atoms with Crippen molar-refractivity contribution in [1.29, 1.82) is 0 Å². The molecule has 0 aromatic carbocycles. The van der Waals surface area contributed by atoms with Gasteiger partial charge in [0.05, 0.1) is 0 Å². The van der Waals surface area contributed by atoms with Crippen LogP contribution in [0.1, 0.15) is 20.8 Å². The fourth-order valence-electron chi connectivity index (χ4n) is 0.275. The van der Waals surface area contributed by atoms with Gasteiger partial charge in [-0.15, -0.1) is 0 Å². The number of rotatable bonds is 1. The minimum atomic E-state index is -1.09. The molecule has 0 fully saturated rings. The first kappa shape index (κ1) is 12.7. The first-order chi connectivity index (χ1) is 5.09. The standard InChI is InChI=1S/C5H8F2N2.C2H6/c1-3(6)4(7)5(8)9-2;1-2/h1-2H3,(H2,8,9);1-2H3/b4-3+;. The lowest BCUT2D eigenvalue weighted by molar-refractivity contribution is 0.563. The average Bonchev–Trinajstić information content (AvgIpc) is 2.05. The van der Waals surface area contributed by atoms with E-state index in [2.05, 4.69) is 4.99 Å². The Hall–Kier alpha value is -0.930. The van der Waals surface area contributed by atoms with E-state index in [0.717, 1.165) is 6.92 Å². The van der Waals surface area contributed by atoms with Crippen molar-refractivity contribution in [3.8, 4) is 0 Å². The molecule has 2 N–H and O–H groups in total. The van der Waals surface area contributed by atoms with E-state index in [0.29, 0.717) is 0 Å². The fourth-order valence-corrected chi connectivity index (χ4v) is 0.275. The van der Waals surface area contributed by atoms with Crippen LogP contribution in [0.25, 0.3) is 0 Å². The molecule has 0 heterocycles. The van der Waals surface area contributed by atoms with Gasteiger partial charge in [-0.05, 0) is 6.92 Å². The van der Waals surface area contributed by atoms with Crippen molar-refractivity contribution in [1.82, 2.24) is 0 Å². The van der Waals surface area contributed by atoms with Crippen LogP contribution in [0.5, 0.6) is 0 Å². The third-order valence-electron chi connectivity index (χ3n) is 0.768. The molecule has 11 heavy (non-hydrogen) atoms. The van der Waals surface area contributed by atoms with E-state index in [-0.39, 0.29) is 0 Å². The maximum absolute atomic E-state index is 12.2. The second-order valence-electron chi connectivity index (χ2n) is 1.46. The van der Waals surface area contributed by atoms with Gasteiger partial charge in [0.1, 0.15) is 5.83 Å². The van der Waals surface area contributed by atoms with Crippen LogP contribution in [0.4, 0.5) is 8.78 Å². The molecule has 0 aliphatic carbocycles. The minimum absolute atomic E-state index is 0.407. The summed E-state index contributed by atoms with van der Waals surface area (Å²) in [6, 6.07) is 0. The van der Waals surface area contributed by atoms with Gasteiger partial charge in [-0.1, -0.05) is 13.8 Å². The number of allylic oxidation sites excluding steroid dienone is 1. The maximum Gasteiger partial charge on any atom is 0.195 e. The monoisotopic (exact) mass is 164 g/mol. The quantitative estimate of drug-likeness (QED) is 0.468. The molecule has 0 spiro atoms. The fraction of sp³-hybridized carbons (Fsp3) is 0.571. The minimum Gasteiger partial charge on any atom is -0.381 e. The van der Waals surface area contributed by atoms with Crippen LogP contribution in [0.2, 0.25) is 0 Å². The lowest BCUT2D eigenvalue weighted by Crippen LogP contribution is -2.12. The van der Waals surface area contributed by atoms with E-state index in [9.17, 15) is 8.78 Å². The molecule has 0 aliphatic heterocycles. The Balaban J connectivity index is 0. The molecule has 4 heteroatoms. The molecule has 0 rings (SSSR count). The SMILES string of the molecule is CC.CN=C(N)/C(F)=C(/C)F. The maximum atomic E-state index is 12.2. The van der Waals surface area contributed by atoms with E-state index in [1.54, 1.807) is 0 Å². The normalized spacial score (nSPS) is 13.1. The molecule has 0 aliphatic rings. The predicted octanol–water partition coefficient (Wildman–Crippen LogP) is 2.17. The zero-order valence-electron chi connectivity index (χ0n) is 7.28. The number of nitrogens with two attached hydrogens (primary N) is 1. The van der Waals surface area contributed by atoms with Gasteiger partial charge >= 0.3 is 0 Å². The van der Waals surface area contributed by atoms with Gasteiger partial charge in [0.2, 0.25) is 0 Å². The lowest BCUT2D eigenvalue weighted by atomic mass is 10.4. The number of halogens is 2. The van der Waals surface area contributed by atoms with Crippen LogP contribution >= 0.6 is 0 Å². The molecule has 2 nitrogen and oxygen atoms in total. The predicted molar refractivity (Wildman–Crippen MR) is 43.8 cm³/mol. The van der Waals surface area contributed by atoms with Gasteiger partial charge in [0.25, 0.3) is 0 Å².